The van der Waals surface area contributed by atoms with Gasteiger partial charge in [-0.1, -0.05) is 6.92 Å². The second-order valence-electron chi connectivity index (χ2n) is 3.81. The van der Waals surface area contributed by atoms with Gasteiger partial charge in [-0.2, -0.15) is 11.8 Å². The van der Waals surface area contributed by atoms with Gasteiger partial charge in [-0.25, -0.2) is 9.59 Å². The molecule has 5 nitrogen and oxygen atoms in total. The number of hydrogen-bond acceptors (Lipinski definition) is 3. The number of carbonyl (C=O) groups is 2. The molecule has 6 heteroatoms. The molecule has 0 aliphatic heterocycles. The van der Waals surface area contributed by atoms with Crippen LogP contribution in [0.5, 0.6) is 0 Å². The monoisotopic (exact) mass is 262 g/mol. The summed E-state index contributed by atoms with van der Waals surface area (Å²) in [7, 11) is 1.51. The Morgan fingerprint density at radius 1 is 1.41 bits per heavy atom. The van der Waals surface area contributed by atoms with Crippen LogP contribution in [0.1, 0.15) is 26.2 Å². The Labute approximate surface area is 107 Å². The summed E-state index contributed by atoms with van der Waals surface area (Å²) in [6.07, 6.45) is 4.43. The zero-order valence-corrected chi connectivity index (χ0v) is 11.5. The fourth-order valence-corrected chi connectivity index (χ4v) is 1.94. The van der Waals surface area contributed by atoms with E-state index in [1.165, 1.54) is 11.9 Å². The molecule has 0 rings (SSSR count). The SMILES string of the molecule is CCC(C(=O)O)N(C)C(=O)NCCCCSC. The molecular formula is C11H22N2O3S. The lowest BCUT2D eigenvalue weighted by Crippen LogP contribution is -2.47. The van der Waals surface area contributed by atoms with Crippen molar-refractivity contribution in [2.45, 2.75) is 32.2 Å². The molecule has 1 unspecified atom stereocenters. The lowest BCUT2D eigenvalue weighted by Gasteiger charge is -2.23. The summed E-state index contributed by atoms with van der Waals surface area (Å²) in [5, 5.41) is 11.6. The number of amides is 2. The summed E-state index contributed by atoms with van der Waals surface area (Å²) in [6, 6.07) is -1.07. The predicted molar refractivity (Wildman–Crippen MR) is 70.5 cm³/mol. The predicted octanol–water partition coefficient (Wildman–Crippen LogP) is 1.63. The Morgan fingerprint density at radius 2 is 2.06 bits per heavy atom. The summed E-state index contributed by atoms with van der Waals surface area (Å²) in [5.74, 6) is 0.117. The van der Waals surface area contributed by atoms with Crippen LogP contribution < -0.4 is 5.32 Å². The highest BCUT2D eigenvalue weighted by Crippen LogP contribution is 2.03. The number of unbranched alkanes of at least 4 members (excludes halogenated alkanes) is 1. The van der Waals surface area contributed by atoms with E-state index < -0.39 is 12.0 Å². The molecule has 0 aromatic rings. The number of carbonyl (C=O) groups excluding carboxylic acids is 1. The first-order valence-electron chi connectivity index (χ1n) is 5.77. The summed E-state index contributed by atoms with van der Waals surface area (Å²) < 4.78 is 0. The van der Waals surface area contributed by atoms with Gasteiger partial charge in [-0.05, 0) is 31.3 Å². The minimum absolute atomic E-state index is 0.316. The van der Waals surface area contributed by atoms with Gasteiger partial charge in [-0.3, -0.25) is 0 Å². The molecular weight excluding hydrogens is 240 g/mol. The molecule has 100 valence electrons. The van der Waals surface area contributed by atoms with E-state index in [-0.39, 0.29) is 6.03 Å². The largest absolute Gasteiger partial charge is 0.480 e. The third kappa shape index (κ3) is 6.41. The summed E-state index contributed by atoms with van der Waals surface area (Å²) in [6.45, 7) is 2.35. The first-order chi connectivity index (χ1) is 8.04. The van der Waals surface area contributed by atoms with Crippen LogP contribution in [0, 0.1) is 0 Å². The highest BCUT2D eigenvalue weighted by molar-refractivity contribution is 7.98. The number of nitrogens with zero attached hydrogens (tertiary/aromatic N) is 1. The van der Waals surface area contributed by atoms with Crippen molar-refractivity contribution < 1.29 is 14.7 Å². The van der Waals surface area contributed by atoms with Crippen LogP contribution in [-0.2, 0) is 4.79 Å². The maximum absolute atomic E-state index is 11.6. The molecule has 0 aromatic heterocycles. The van der Waals surface area contributed by atoms with Crippen molar-refractivity contribution in [2.24, 2.45) is 0 Å². The van der Waals surface area contributed by atoms with E-state index >= 15 is 0 Å². The van der Waals surface area contributed by atoms with Crippen molar-refractivity contribution in [1.82, 2.24) is 10.2 Å². The minimum Gasteiger partial charge on any atom is -0.480 e. The molecule has 2 N–H and O–H groups in total. The highest BCUT2D eigenvalue weighted by atomic mass is 32.2. The van der Waals surface area contributed by atoms with Gasteiger partial charge >= 0.3 is 12.0 Å². The Hall–Kier alpha value is -0.910. The lowest BCUT2D eigenvalue weighted by molar-refractivity contribution is -0.141. The number of likely N-dealkylation sites (N-methyl/N-ethyl adjacent to an activating group) is 1. The molecule has 17 heavy (non-hydrogen) atoms. The van der Waals surface area contributed by atoms with Gasteiger partial charge in [0.1, 0.15) is 6.04 Å². The third-order valence-electron chi connectivity index (χ3n) is 2.51. The topological polar surface area (TPSA) is 69.6 Å². The van der Waals surface area contributed by atoms with Crippen molar-refractivity contribution in [3.05, 3.63) is 0 Å². The van der Waals surface area contributed by atoms with Crippen molar-refractivity contribution in [3.63, 3.8) is 0 Å². The van der Waals surface area contributed by atoms with E-state index in [2.05, 4.69) is 5.32 Å². The second kappa shape index (κ2) is 9.15. The van der Waals surface area contributed by atoms with Crippen molar-refractivity contribution >= 4 is 23.8 Å². The molecule has 0 aromatic carbocycles. The van der Waals surface area contributed by atoms with Crippen LogP contribution in [-0.4, -0.2) is 53.6 Å². The van der Waals surface area contributed by atoms with E-state index in [4.69, 9.17) is 5.11 Å². The zero-order chi connectivity index (χ0) is 13.3. The van der Waals surface area contributed by atoms with Crippen molar-refractivity contribution in [2.75, 3.05) is 25.6 Å². The van der Waals surface area contributed by atoms with Crippen LogP contribution in [0.3, 0.4) is 0 Å². The zero-order valence-electron chi connectivity index (χ0n) is 10.7. The second-order valence-corrected chi connectivity index (χ2v) is 4.79. The molecule has 0 heterocycles. The number of rotatable bonds is 8. The van der Waals surface area contributed by atoms with Crippen LogP contribution in [0.2, 0.25) is 0 Å². The fourth-order valence-electron chi connectivity index (χ4n) is 1.45. The Kier molecular flexibility index (Phi) is 8.66. The number of nitrogens with one attached hydrogen (secondary N) is 1. The van der Waals surface area contributed by atoms with Gasteiger partial charge in [0.05, 0.1) is 0 Å². The van der Waals surface area contributed by atoms with E-state index in [9.17, 15) is 9.59 Å². The molecule has 0 radical (unpaired) electrons. The molecule has 0 aliphatic rings. The van der Waals surface area contributed by atoms with E-state index in [1.54, 1.807) is 18.7 Å². The Balaban J connectivity index is 3.92. The Morgan fingerprint density at radius 3 is 2.53 bits per heavy atom. The molecule has 0 aliphatic carbocycles. The number of thioether (sulfide) groups is 1. The maximum Gasteiger partial charge on any atom is 0.326 e. The van der Waals surface area contributed by atoms with Gasteiger partial charge in [-0.15, -0.1) is 0 Å². The highest BCUT2D eigenvalue weighted by Gasteiger charge is 2.24. The summed E-state index contributed by atoms with van der Waals surface area (Å²) in [4.78, 5) is 23.7. The number of carboxylic acids is 1. The lowest BCUT2D eigenvalue weighted by atomic mass is 10.2. The van der Waals surface area contributed by atoms with Gasteiger partial charge in [0, 0.05) is 13.6 Å². The Bertz CT molecular complexity index is 249. The van der Waals surface area contributed by atoms with Crippen LogP contribution in [0.15, 0.2) is 0 Å². The first-order valence-corrected chi connectivity index (χ1v) is 7.16. The third-order valence-corrected chi connectivity index (χ3v) is 3.21. The van der Waals surface area contributed by atoms with Crippen molar-refractivity contribution in [1.29, 1.82) is 0 Å². The van der Waals surface area contributed by atoms with E-state index in [0.717, 1.165) is 18.6 Å². The van der Waals surface area contributed by atoms with Crippen LogP contribution in [0.4, 0.5) is 4.79 Å². The number of urea groups is 1. The van der Waals surface area contributed by atoms with Gasteiger partial charge in [0.15, 0.2) is 0 Å². The minimum atomic E-state index is -0.965. The normalized spacial score (nSPS) is 11.9. The summed E-state index contributed by atoms with van der Waals surface area (Å²) >= 11 is 1.78. The van der Waals surface area contributed by atoms with Crippen LogP contribution in [0.25, 0.3) is 0 Å². The van der Waals surface area contributed by atoms with E-state index in [1.807, 2.05) is 6.26 Å². The van der Waals surface area contributed by atoms with Gasteiger partial charge < -0.3 is 15.3 Å². The standard InChI is InChI=1S/C11H22N2O3S/c1-4-9(10(14)15)13(2)11(16)12-7-5-6-8-17-3/h9H,4-8H2,1-3H3,(H,12,16)(H,14,15). The average molecular weight is 262 g/mol. The average Bonchev–Trinajstić information content (AvgIpc) is 2.28. The molecule has 0 bridgehead atoms. The van der Waals surface area contributed by atoms with Crippen molar-refractivity contribution in [3.8, 4) is 0 Å². The van der Waals surface area contributed by atoms with Gasteiger partial charge in [0.2, 0.25) is 0 Å². The van der Waals surface area contributed by atoms with Gasteiger partial charge in [0.25, 0.3) is 0 Å². The number of aliphatic carboxylic acids is 1. The quantitative estimate of drug-likeness (QED) is 0.652. The molecule has 0 saturated carbocycles. The first kappa shape index (κ1) is 16.1. The molecule has 2 amide bonds. The summed E-state index contributed by atoms with van der Waals surface area (Å²) in [5.41, 5.74) is 0. The van der Waals surface area contributed by atoms with Crippen LogP contribution >= 0.6 is 11.8 Å². The maximum atomic E-state index is 11.6. The fraction of sp³-hybridized carbons (Fsp3) is 0.818. The molecule has 0 saturated heterocycles. The molecule has 1 atom stereocenters. The number of hydrogen-bond donors (Lipinski definition) is 2. The number of carboxylic acid groups (broad SMARTS) is 1. The smallest absolute Gasteiger partial charge is 0.326 e. The van der Waals surface area contributed by atoms with E-state index in [0.29, 0.717) is 13.0 Å². The molecule has 0 fully saturated rings. The molecule has 0 spiro atoms.